The molecule has 5 rings (SSSR count). The van der Waals surface area contributed by atoms with Crippen molar-refractivity contribution >= 4 is 22.6 Å². The molecule has 0 spiro atoms. The van der Waals surface area contributed by atoms with Crippen LogP contribution in [0.2, 0.25) is 0 Å². The van der Waals surface area contributed by atoms with Gasteiger partial charge >= 0.3 is 0 Å². The lowest BCUT2D eigenvalue weighted by Crippen LogP contribution is -2.24. The minimum atomic E-state index is -0.305. The Morgan fingerprint density at radius 1 is 1.00 bits per heavy atom. The van der Waals surface area contributed by atoms with Crippen LogP contribution in [0.25, 0.3) is 11.0 Å². The Morgan fingerprint density at radius 2 is 1.76 bits per heavy atom. The van der Waals surface area contributed by atoms with Gasteiger partial charge in [-0.05, 0) is 67.8 Å². The lowest BCUT2D eigenvalue weighted by molar-refractivity contribution is -0.117. The number of benzene rings is 3. The van der Waals surface area contributed by atoms with Crippen LogP contribution in [-0.4, -0.2) is 28.6 Å². The second-order valence-electron chi connectivity index (χ2n) is 8.81. The van der Waals surface area contributed by atoms with Crippen LogP contribution in [0.5, 0.6) is 5.75 Å². The lowest BCUT2D eigenvalue weighted by atomic mass is 10.1. The Balaban J connectivity index is 1.30. The summed E-state index contributed by atoms with van der Waals surface area (Å²) < 4.78 is 21.6. The number of halogens is 1. The first kappa shape index (κ1) is 22.1. The average Bonchev–Trinajstić information content (AvgIpc) is 3.41. The van der Waals surface area contributed by atoms with Gasteiger partial charge in [0.05, 0.1) is 17.6 Å². The summed E-state index contributed by atoms with van der Waals surface area (Å²) in [5.41, 5.74) is 3.90. The molecule has 1 saturated heterocycles. The first-order chi connectivity index (χ1) is 16.6. The molecule has 1 aromatic heterocycles. The largest absolute Gasteiger partial charge is 0.493 e. The van der Waals surface area contributed by atoms with Crippen molar-refractivity contribution in [3.05, 3.63) is 90.0 Å². The number of ether oxygens (including phenoxy) is 1. The molecule has 1 aliphatic rings. The van der Waals surface area contributed by atoms with Gasteiger partial charge in [0, 0.05) is 31.1 Å². The van der Waals surface area contributed by atoms with Crippen molar-refractivity contribution in [2.45, 2.75) is 38.6 Å². The summed E-state index contributed by atoms with van der Waals surface area (Å²) in [6.45, 7) is 4.07. The highest BCUT2D eigenvalue weighted by molar-refractivity contribution is 5.96. The fourth-order valence-corrected chi connectivity index (χ4v) is 4.66. The van der Waals surface area contributed by atoms with Crippen molar-refractivity contribution in [1.82, 2.24) is 9.55 Å². The molecule has 5 nitrogen and oxygen atoms in total. The SMILES string of the molecule is Cc1ccccc1OCCCCn1c([C@@H]2CC(=O)N(c3ccc(F)cc3)C2)nc2ccccc21. The Labute approximate surface area is 198 Å². The number of hydrogen-bond donors (Lipinski definition) is 0. The summed E-state index contributed by atoms with van der Waals surface area (Å²) in [5.74, 6) is 1.61. The number of carbonyl (C=O) groups is 1. The maximum atomic E-state index is 13.3. The number of aromatic nitrogens is 2. The van der Waals surface area contributed by atoms with Crippen LogP contribution in [0, 0.1) is 12.7 Å². The van der Waals surface area contributed by atoms with Crippen LogP contribution in [0.4, 0.5) is 10.1 Å². The van der Waals surface area contributed by atoms with Crippen LogP contribution in [0.15, 0.2) is 72.8 Å². The van der Waals surface area contributed by atoms with E-state index in [4.69, 9.17) is 9.72 Å². The summed E-state index contributed by atoms with van der Waals surface area (Å²) in [7, 11) is 0. The maximum Gasteiger partial charge on any atom is 0.227 e. The minimum absolute atomic E-state index is 0.00632. The van der Waals surface area contributed by atoms with E-state index in [0.29, 0.717) is 19.6 Å². The van der Waals surface area contributed by atoms with Gasteiger partial charge in [-0.15, -0.1) is 0 Å². The Kier molecular flexibility index (Phi) is 6.30. The smallest absolute Gasteiger partial charge is 0.227 e. The number of anilines is 1. The van der Waals surface area contributed by atoms with Crippen molar-refractivity contribution in [1.29, 1.82) is 0 Å². The van der Waals surface area contributed by atoms with E-state index in [1.54, 1.807) is 17.0 Å². The highest BCUT2D eigenvalue weighted by Gasteiger charge is 2.34. The Morgan fingerprint density at radius 3 is 2.59 bits per heavy atom. The van der Waals surface area contributed by atoms with Crippen LogP contribution in [0.1, 0.15) is 36.6 Å². The van der Waals surface area contributed by atoms with E-state index in [1.807, 2.05) is 36.4 Å². The van der Waals surface area contributed by atoms with Crippen molar-refractivity contribution in [2.75, 3.05) is 18.1 Å². The third kappa shape index (κ3) is 4.53. The number of amides is 1. The molecule has 0 saturated carbocycles. The first-order valence-corrected chi connectivity index (χ1v) is 11.8. The second-order valence-corrected chi connectivity index (χ2v) is 8.81. The Bertz CT molecular complexity index is 1300. The molecule has 1 amide bonds. The van der Waals surface area contributed by atoms with E-state index in [2.05, 4.69) is 23.6 Å². The number of nitrogens with zero attached hydrogens (tertiary/aromatic N) is 3. The first-order valence-electron chi connectivity index (χ1n) is 11.8. The van der Waals surface area contributed by atoms with Gasteiger partial charge in [0.25, 0.3) is 0 Å². The van der Waals surface area contributed by atoms with E-state index in [9.17, 15) is 9.18 Å². The molecule has 174 valence electrons. The molecule has 1 fully saturated rings. The van der Waals surface area contributed by atoms with Gasteiger partial charge in [-0.3, -0.25) is 4.79 Å². The predicted octanol–water partition coefficient (Wildman–Crippen LogP) is 5.86. The molecule has 1 aliphatic heterocycles. The van der Waals surface area contributed by atoms with Crippen molar-refractivity contribution in [3.63, 3.8) is 0 Å². The summed E-state index contributed by atoms with van der Waals surface area (Å²) >= 11 is 0. The van der Waals surface area contributed by atoms with E-state index in [1.165, 1.54) is 12.1 Å². The number of rotatable bonds is 8. The number of fused-ring (bicyclic) bond motifs is 1. The zero-order valence-corrected chi connectivity index (χ0v) is 19.3. The monoisotopic (exact) mass is 457 g/mol. The van der Waals surface area contributed by atoms with Gasteiger partial charge in [0.15, 0.2) is 0 Å². The molecule has 34 heavy (non-hydrogen) atoms. The summed E-state index contributed by atoms with van der Waals surface area (Å²) in [6.07, 6.45) is 2.27. The molecular formula is C28H28FN3O2. The van der Waals surface area contributed by atoms with E-state index in [-0.39, 0.29) is 17.6 Å². The zero-order valence-electron chi connectivity index (χ0n) is 19.3. The topological polar surface area (TPSA) is 47.4 Å². The highest BCUT2D eigenvalue weighted by atomic mass is 19.1. The molecule has 0 aliphatic carbocycles. The molecule has 0 N–H and O–H groups in total. The quantitative estimate of drug-likeness (QED) is 0.311. The number of carbonyl (C=O) groups excluding carboxylic acids is 1. The summed E-state index contributed by atoms with van der Waals surface area (Å²) in [4.78, 5) is 19.5. The van der Waals surface area contributed by atoms with Crippen LogP contribution < -0.4 is 9.64 Å². The highest BCUT2D eigenvalue weighted by Crippen LogP contribution is 2.33. The zero-order chi connectivity index (χ0) is 23.5. The molecule has 3 aromatic carbocycles. The summed E-state index contributed by atoms with van der Waals surface area (Å²) in [6, 6.07) is 22.3. The second kappa shape index (κ2) is 9.67. The predicted molar refractivity (Wildman–Crippen MR) is 132 cm³/mol. The van der Waals surface area contributed by atoms with Crippen molar-refractivity contribution in [2.24, 2.45) is 0 Å². The van der Waals surface area contributed by atoms with Crippen molar-refractivity contribution in [3.8, 4) is 5.75 Å². The van der Waals surface area contributed by atoms with Crippen LogP contribution in [-0.2, 0) is 11.3 Å². The number of imidazole rings is 1. The third-order valence-corrected chi connectivity index (χ3v) is 6.44. The van der Waals surface area contributed by atoms with Gasteiger partial charge in [-0.1, -0.05) is 30.3 Å². The fourth-order valence-electron chi connectivity index (χ4n) is 4.66. The molecule has 1 atom stereocenters. The molecule has 2 heterocycles. The van der Waals surface area contributed by atoms with Gasteiger partial charge in [0.2, 0.25) is 5.91 Å². The van der Waals surface area contributed by atoms with Gasteiger partial charge in [0.1, 0.15) is 17.4 Å². The normalized spacial score (nSPS) is 15.9. The van der Waals surface area contributed by atoms with E-state index < -0.39 is 0 Å². The van der Waals surface area contributed by atoms with Gasteiger partial charge in [-0.25, -0.2) is 9.37 Å². The van der Waals surface area contributed by atoms with E-state index in [0.717, 1.165) is 53.2 Å². The Hall–Kier alpha value is -3.67. The fraction of sp³-hybridized carbons (Fsp3) is 0.286. The van der Waals surface area contributed by atoms with E-state index >= 15 is 0 Å². The van der Waals surface area contributed by atoms with Crippen LogP contribution >= 0.6 is 0 Å². The molecule has 0 radical (unpaired) electrons. The third-order valence-electron chi connectivity index (χ3n) is 6.44. The van der Waals surface area contributed by atoms with Crippen molar-refractivity contribution < 1.29 is 13.9 Å². The molecular weight excluding hydrogens is 429 g/mol. The van der Waals surface area contributed by atoms with Gasteiger partial charge in [-0.2, -0.15) is 0 Å². The molecule has 0 bridgehead atoms. The summed E-state index contributed by atoms with van der Waals surface area (Å²) in [5, 5.41) is 0. The number of para-hydroxylation sites is 3. The minimum Gasteiger partial charge on any atom is -0.493 e. The molecule has 4 aromatic rings. The average molecular weight is 458 g/mol. The van der Waals surface area contributed by atoms with Crippen LogP contribution in [0.3, 0.4) is 0 Å². The molecule has 0 unspecified atom stereocenters. The number of hydrogen-bond acceptors (Lipinski definition) is 3. The van der Waals surface area contributed by atoms with Gasteiger partial charge < -0.3 is 14.2 Å². The number of aryl methyl sites for hydroxylation is 2. The lowest BCUT2D eigenvalue weighted by Gasteiger charge is -2.17. The standard InChI is InChI=1S/C28H28FN3O2/c1-20-8-2-5-11-26(20)34-17-7-6-16-31-25-10-4-3-9-24(25)30-28(31)21-18-27(33)32(19-21)23-14-12-22(29)13-15-23/h2-5,8-15,21H,6-7,16-19H2,1H3/t21-/m1/s1. The molecule has 6 heteroatoms. The number of unbranched alkanes of at least 4 members (excludes halogenated alkanes) is 1. The maximum absolute atomic E-state index is 13.3.